The van der Waals surface area contributed by atoms with Gasteiger partial charge in [0.15, 0.2) is 11.5 Å². The molecule has 1 aromatic rings. The zero-order valence-electron chi connectivity index (χ0n) is 11.9. The van der Waals surface area contributed by atoms with Crippen LogP contribution < -0.4 is 14.8 Å². The average molecular weight is 286 g/mol. The number of hydrogen-bond donors (Lipinski definition) is 1. The highest BCUT2D eigenvalue weighted by Gasteiger charge is 2.39. The quantitative estimate of drug-likeness (QED) is 0.907. The third-order valence-electron chi connectivity index (χ3n) is 4.16. The number of rotatable bonds is 2. The lowest BCUT2D eigenvalue weighted by atomic mass is 9.74. The Balaban J connectivity index is 1.76. The van der Waals surface area contributed by atoms with Gasteiger partial charge in [-0.05, 0) is 25.0 Å². The fraction of sp³-hybridized carbons (Fsp3) is 0.500. The van der Waals surface area contributed by atoms with Crippen molar-refractivity contribution in [2.75, 3.05) is 18.5 Å². The van der Waals surface area contributed by atoms with Gasteiger partial charge < -0.3 is 14.8 Å². The number of carbonyl (C=O) groups excluding carboxylic acids is 1. The number of anilines is 1. The number of nitrogens with zero attached hydrogens (tertiary/aromatic N) is 1. The van der Waals surface area contributed by atoms with Gasteiger partial charge in [0, 0.05) is 11.8 Å². The first kappa shape index (κ1) is 13.7. The van der Waals surface area contributed by atoms with Crippen LogP contribution in [-0.2, 0) is 4.79 Å². The number of ether oxygens (including phenoxy) is 2. The number of nitrogens with one attached hydrogen (secondary N) is 1. The van der Waals surface area contributed by atoms with Gasteiger partial charge in [-0.1, -0.05) is 19.3 Å². The molecule has 0 spiro atoms. The summed E-state index contributed by atoms with van der Waals surface area (Å²) in [6, 6.07) is 7.54. The van der Waals surface area contributed by atoms with Gasteiger partial charge >= 0.3 is 0 Å². The summed E-state index contributed by atoms with van der Waals surface area (Å²) in [7, 11) is 0. The molecular weight excluding hydrogens is 268 g/mol. The number of benzene rings is 1. The lowest BCUT2D eigenvalue weighted by Crippen LogP contribution is -2.36. The maximum atomic E-state index is 12.5. The Hall–Kier alpha value is -2.22. The lowest BCUT2D eigenvalue weighted by molar-refractivity contribution is -0.124. The summed E-state index contributed by atoms with van der Waals surface area (Å²) in [5, 5.41) is 12.3. The highest BCUT2D eigenvalue weighted by atomic mass is 16.6. The summed E-state index contributed by atoms with van der Waals surface area (Å²) in [5.41, 5.74) is -0.240. The minimum absolute atomic E-state index is 0.207. The Kier molecular flexibility index (Phi) is 3.70. The fourth-order valence-electron chi connectivity index (χ4n) is 2.92. The van der Waals surface area contributed by atoms with Crippen molar-refractivity contribution < 1.29 is 14.3 Å². The van der Waals surface area contributed by atoms with Crippen LogP contribution in [0.25, 0.3) is 0 Å². The highest BCUT2D eigenvalue weighted by molar-refractivity contribution is 5.97. The van der Waals surface area contributed by atoms with E-state index < -0.39 is 5.41 Å². The fourth-order valence-corrected chi connectivity index (χ4v) is 2.92. The number of amides is 1. The summed E-state index contributed by atoms with van der Waals surface area (Å²) in [5.74, 6) is 1.11. The molecule has 0 unspecified atom stereocenters. The molecule has 0 saturated heterocycles. The van der Waals surface area contributed by atoms with Crippen molar-refractivity contribution in [1.29, 1.82) is 5.26 Å². The van der Waals surface area contributed by atoms with Crippen molar-refractivity contribution in [2.45, 2.75) is 32.1 Å². The second-order valence-corrected chi connectivity index (χ2v) is 5.57. The zero-order chi connectivity index (χ0) is 14.7. The van der Waals surface area contributed by atoms with E-state index in [1.54, 1.807) is 18.2 Å². The molecule has 3 rings (SSSR count). The molecule has 1 N–H and O–H groups in total. The van der Waals surface area contributed by atoms with Crippen LogP contribution in [0.15, 0.2) is 18.2 Å². The monoisotopic (exact) mass is 286 g/mol. The molecule has 21 heavy (non-hydrogen) atoms. The molecule has 0 atom stereocenters. The van der Waals surface area contributed by atoms with Crippen molar-refractivity contribution in [3.8, 4) is 17.6 Å². The molecule has 1 aromatic carbocycles. The van der Waals surface area contributed by atoms with Crippen LogP contribution in [0.2, 0.25) is 0 Å². The standard InChI is InChI=1S/C16H18N2O3/c17-11-16(6-2-1-3-7-16)15(19)18-12-4-5-13-14(10-12)21-9-8-20-13/h4-5,10H,1-3,6-9H2,(H,18,19). The number of hydrogen-bond acceptors (Lipinski definition) is 4. The third kappa shape index (κ3) is 2.66. The first-order chi connectivity index (χ1) is 10.2. The predicted molar refractivity (Wildman–Crippen MR) is 77.2 cm³/mol. The Bertz CT molecular complexity index is 586. The van der Waals surface area contributed by atoms with E-state index in [9.17, 15) is 10.1 Å². The van der Waals surface area contributed by atoms with Crippen LogP contribution in [0.5, 0.6) is 11.5 Å². The van der Waals surface area contributed by atoms with Crippen molar-refractivity contribution in [1.82, 2.24) is 0 Å². The Morgan fingerprint density at radius 3 is 2.57 bits per heavy atom. The van der Waals surface area contributed by atoms with Crippen molar-refractivity contribution in [3.63, 3.8) is 0 Å². The van der Waals surface area contributed by atoms with E-state index >= 15 is 0 Å². The van der Waals surface area contributed by atoms with Gasteiger partial charge in [0.05, 0.1) is 6.07 Å². The molecule has 1 saturated carbocycles. The van der Waals surface area contributed by atoms with Crippen molar-refractivity contribution in [3.05, 3.63) is 18.2 Å². The largest absolute Gasteiger partial charge is 0.486 e. The van der Waals surface area contributed by atoms with Gasteiger partial charge in [-0.15, -0.1) is 0 Å². The van der Waals surface area contributed by atoms with Gasteiger partial charge in [0.25, 0.3) is 0 Å². The highest BCUT2D eigenvalue weighted by Crippen LogP contribution is 2.38. The van der Waals surface area contributed by atoms with E-state index in [0.717, 1.165) is 19.3 Å². The van der Waals surface area contributed by atoms with Crippen molar-refractivity contribution in [2.24, 2.45) is 5.41 Å². The summed E-state index contributed by atoms with van der Waals surface area (Å²) >= 11 is 0. The number of carbonyl (C=O) groups is 1. The normalized spacial score (nSPS) is 19.4. The van der Waals surface area contributed by atoms with E-state index in [4.69, 9.17) is 9.47 Å². The smallest absolute Gasteiger partial charge is 0.244 e. The molecule has 0 aromatic heterocycles. The van der Waals surface area contributed by atoms with Crippen LogP contribution >= 0.6 is 0 Å². The molecule has 0 radical (unpaired) electrons. The van der Waals surface area contributed by atoms with E-state index in [2.05, 4.69) is 11.4 Å². The van der Waals surface area contributed by atoms with E-state index in [1.165, 1.54) is 0 Å². The minimum Gasteiger partial charge on any atom is -0.486 e. The van der Waals surface area contributed by atoms with Crippen LogP contribution in [0.1, 0.15) is 32.1 Å². The SMILES string of the molecule is N#CC1(C(=O)Nc2ccc3c(c2)OCCO3)CCCCC1. The molecule has 1 aliphatic carbocycles. The first-order valence-electron chi connectivity index (χ1n) is 7.36. The molecule has 1 amide bonds. The van der Waals surface area contributed by atoms with Gasteiger partial charge in [-0.3, -0.25) is 4.79 Å². The molecule has 110 valence electrons. The Morgan fingerprint density at radius 1 is 1.14 bits per heavy atom. The van der Waals surface area contributed by atoms with E-state index in [0.29, 0.717) is 43.2 Å². The van der Waals surface area contributed by atoms with Crippen LogP contribution in [0.4, 0.5) is 5.69 Å². The van der Waals surface area contributed by atoms with Crippen LogP contribution in [-0.4, -0.2) is 19.1 Å². The molecule has 1 fully saturated rings. The van der Waals surface area contributed by atoms with Gasteiger partial charge in [0.1, 0.15) is 18.6 Å². The van der Waals surface area contributed by atoms with E-state index in [1.807, 2.05) is 0 Å². The minimum atomic E-state index is -0.883. The summed E-state index contributed by atoms with van der Waals surface area (Å²) in [6.45, 7) is 1.04. The maximum absolute atomic E-state index is 12.5. The number of fused-ring (bicyclic) bond motifs is 1. The first-order valence-corrected chi connectivity index (χ1v) is 7.36. The van der Waals surface area contributed by atoms with Crippen LogP contribution in [0.3, 0.4) is 0 Å². The molecule has 1 aliphatic heterocycles. The molecule has 5 nitrogen and oxygen atoms in total. The predicted octanol–water partition coefficient (Wildman–Crippen LogP) is 2.87. The summed E-state index contributed by atoms with van der Waals surface area (Å²) in [6.07, 6.45) is 4.24. The van der Waals surface area contributed by atoms with Crippen LogP contribution in [0, 0.1) is 16.7 Å². The topological polar surface area (TPSA) is 71.4 Å². The average Bonchev–Trinajstić information content (AvgIpc) is 2.55. The Labute approximate surface area is 123 Å². The van der Waals surface area contributed by atoms with E-state index in [-0.39, 0.29) is 5.91 Å². The molecule has 5 heteroatoms. The Morgan fingerprint density at radius 2 is 1.86 bits per heavy atom. The zero-order valence-corrected chi connectivity index (χ0v) is 11.9. The van der Waals surface area contributed by atoms with Gasteiger partial charge in [0.2, 0.25) is 5.91 Å². The summed E-state index contributed by atoms with van der Waals surface area (Å²) < 4.78 is 11.0. The van der Waals surface area contributed by atoms with Crippen molar-refractivity contribution >= 4 is 11.6 Å². The molecule has 0 bridgehead atoms. The summed E-state index contributed by atoms with van der Waals surface area (Å²) in [4.78, 5) is 12.5. The second kappa shape index (κ2) is 5.65. The molecule has 2 aliphatic rings. The van der Waals surface area contributed by atoms with Gasteiger partial charge in [-0.2, -0.15) is 5.26 Å². The maximum Gasteiger partial charge on any atom is 0.244 e. The molecular formula is C16H18N2O3. The second-order valence-electron chi connectivity index (χ2n) is 5.57. The van der Waals surface area contributed by atoms with Gasteiger partial charge in [-0.25, -0.2) is 0 Å². The molecule has 1 heterocycles. The lowest BCUT2D eigenvalue weighted by Gasteiger charge is -2.29. The number of nitriles is 1. The third-order valence-corrected chi connectivity index (χ3v) is 4.16.